The molecule has 4 atom stereocenters. The molecule has 2 rings (SSSR count). The molecule has 1 aliphatic heterocycles. The summed E-state index contributed by atoms with van der Waals surface area (Å²) in [6.45, 7) is 0. The molecular weight excluding hydrogens is 312 g/mol. The molecule has 0 amide bonds. The van der Waals surface area contributed by atoms with Crippen molar-refractivity contribution in [1.29, 1.82) is 0 Å². The minimum absolute atomic E-state index is 0.0743. The number of hydrogen-bond donors (Lipinski definition) is 4. The molecule has 0 aromatic carbocycles. The topological polar surface area (TPSA) is 157 Å². The Morgan fingerprint density at radius 3 is 2.81 bits per heavy atom. The first-order valence-electron chi connectivity index (χ1n) is 5.52. The molecule has 2 heterocycles. The SMILES string of the molecule is Nc1ccn([C@@H]2O[C@H](OC(=O)P(O)O)[C@H](F)[C@H]2O)c(=O)n1. The second-order valence-electron chi connectivity index (χ2n) is 4.05. The van der Waals surface area contributed by atoms with Gasteiger partial charge in [-0.2, -0.15) is 4.98 Å². The van der Waals surface area contributed by atoms with Crippen molar-refractivity contribution in [2.45, 2.75) is 24.8 Å². The Morgan fingerprint density at radius 1 is 1.57 bits per heavy atom. The summed E-state index contributed by atoms with van der Waals surface area (Å²) in [4.78, 5) is 43.2. The monoisotopic (exact) mass is 323 g/mol. The Morgan fingerprint density at radius 2 is 2.24 bits per heavy atom. The van der Waals surface area contributed by atoms with Gasteiger partial charge in [-0.15, -0.1) is 0 Å². The van der Waals surface area contributed by atoms with Gasteiger partial charge in [0, 0.05) is 6.20 Å². The highest BCUT2D eigenvalue weighted by molar-refractivity contribution is 7.63. The first kappa shape index (κ1) is 15.7. The van der Waals surface area contributed by atoms with Gasteiger partial charge in [-0.05, 0) is 6.07 Å². The van der Waals surface area contributed by atoms with Gasteiger partial charge < -0.3 is 30.1 Å². The van der Waals surface area contributed by atoms with Gasteiger partial charge >= 0.3 is 11.4 Å². The van der Waals surface area contributed by atoms with E-state index in [0.29, 0.717) is 0 Å². The summed E-state index contributed by atoms with van der Waals surface area (Å²) < 4.78 is 23.8. The summed E-state index contributed by atoms with van der Waals surface area (Å²) in [5, 5.41) is 9.70. The lowest BCUT2D eigenvalue weighted by molar-refractivity contribution is -0.131. The molecule has 0 bridgehead atoms. The molecule has 1 aromatic rings. The number of alkyl halides is 1. The molecule has 116 valence electrons. The number of carbonyl (C=O) groups is 1. The number of nitrogens with zero attached hydrogens (tertiary/aromatic N) is 2. The Kier molecular flexibility index (Phi) is 4.49. The summed E-state index contributed by atoms with van der Waals surface area (Å²) in [6.07, 6.45) is -6.26. The van der Waals surface area contributed by atoms with E-state index in [1.54, 1.807) is 0 Å². The number of aliphatic hydroxyl groups excluding tert-OH is 1. The van der Waals surface area contributed by atoms with Gasteiger partial charge in [-0.25, -0.2) is 14.0 Å². The fourth-order valence-electron chi connectivity index (χ4n) is 1.70. The predicted molar refractivity (Wildman–Crippen MR) is 65.6 cm³/mol. The molecule has 21 heavy (non-hydrogen) atoms. The Balaban J connectivity index is 2.20. The average Bonchev–Trinajstić information content (AvgIpc) is 2.67. The fourth-order valence-corrected chi connectivity index (χ4v) is 1.90. The third-order valence-electron chi connectivity index (χ3n) is 2.66. The Labute approximate surface area is 117 Å². The lowest BCUT2D eigenvalue weighted by Gasteiger charge is -2.16. The van der Waals surface area contributed by atoms with E-state index in [4.69, 9.17) is 20.3 Å². The van der Waals surface area contributed by atoms with Crippen LogP contribution < -0.4 is 11.4 Å². The van der Waals surface area contributed by atoms with E-state index in [-0.39, 0.29) is 5.82 Å². The van der Waals surface area contributed by atoms with Gasteiger partial charge in [0.1, 0.15) is 11.9 Å². The smallest absolute Gasteiger partial charge is 0.386 e. The standard InChI is InChI=1S/C9H11FN3O7P/c10-4-5(14)6(13-2-1-3(11)12-8(13)15)19-7(4)20-9(16)21(17)18/h1-2,4-7,14,17-18H,(H2,11,12,15)/t4-,5-,6-,7-/m1/s1. The highest BCUT2D eigenvalue weighted by Crippen LogP contribution is 2.35. The normalized spacial score (nSPS) is 28.8. The fraction of sp³-hybridized carbons (Fsp3) is 0.444. The average molecular weight is 323 g/mol. The van der Waals surface area contributed by atoms with E-state index >= 15 is 0 Å². The van der Waals surface area contributed by atoms with Crippen molar-refractivity contribution in [3.63, 3.8) is 0 Å². The van der Waals surface area contributed by atoms with Crippen molar-refractivity contribution in [3.05, 3.63) is 22.7 Å². The van der Waals surface area contributed by atoms with E-state index in [1.165, 1.54) is 6.07 Å². The van der Waals surface area contributed by atoms with Crippen molar-refractivity contribution in [1.82, 2.24) is 9.55 Å². The minimum atomic E-state index is -3.08. The molecule has 0 unspecified atom stereocenters. The van der Waals surface area contributed by atoms with Gasteiger partial charge in [0.2, 0.25) is 6.29 Å². The third-order valence-corrected chi connectivity index (χ3v) is 3.09. The number of nitrogen functional groups attached to an aromatic ring is 1. The van der Waals surface area contributed by atoms with Gasteiger partial charge in [-0.1, -0.05) is 0 Å². The van der Waals surface area contributed by atoms with E-state index < -0.39 is 44.6 Å². The first-order valence-corrected chi connectivity index (χ1v) is 6.76. The van der Waals surface area contributed by atoms with Crippen molar-refractivity contribution in [2.75, 3.05) is 5.73 Å². The molecule has 5 N–H and O–H groups in total. The lowest BCUT2D eigenvalue weighted by Crippen LogP contribution is -2.34. The molecule has 0 saturated carbocycles. The minimum Gasteiger partial charge on any atom is -0.426 e. The number of ether oxygens (including phenoxy) is 2. The number of rotatable bonds is 3. The van der Waals surface area contributed by atoms with Crippen LogP contribution in [0.5, 0.6) is 0 Å². The van der Waals surface area contributed by atoms with E-state index in [9.17, 15) is 19.1 Å². The third kappa shape index (κ3) is 3.17. The summed E-state index contributed by atoms with van der Waals surface area (Å²) >= 11 is 0. The molecule has 0 aliphatic carbocycles. The largest absolute Gasteiger partial charge is 0.426 e. The second kappa shape index (κ2) is 6.00. The van der Waals surface area contributed by atoms with Crippen LogP contribution in [0.25, 0.3) is 0 Å². The molecule has 1 fully saturated rings. The molecular formula is C9H11FN3O7P. The predicted octanol–water partition coefficient (Wildman–Crippen LogP) is -1.19. The van der Waals surface area contributed by atoms with Crippen molar-refractivity contribution >= 4 is 19.9 Å². The van der Waals surface area contributed by atoms with Crippen LogP contribution in [-0.2, 0) is 9.47 Å². The first-order chi connectivity index (χ1) is 9.81. The van der Waals surface area contributed by atoms with Crippen LogP contribution in [-0.4, -0.2) is 48.7 Å². The Hall–Kier alpha value is -1.65. The van der Waals surface area contributed by atoms with Gasteiger partial charge in [0.25, 0.3) is 8.38 Å². The summed E-state index contributed by atoms with van der Waals surface area (Å²) in [5.74, 6) is -0.0743. The van der Waals surface area contributed by atoms with Crippen LogP contribution >= 0.6 is 8.38 Å². The maximum atomic E-state index is 13.8. The summed E-state index contributed by atoms with van der Waals surface area (Å²) in [6, 6.07) is 1.23. The maximum absolute atomic E-state index is 13.8. The molecule has 1 aromatic heterocycles. The molecule has 12 heteroatoms. The number of carbonyl (C=O) groups excluding carboxylic acids is 1. The summed E-state index contributed by atoms with van der Waals surface area (Å²) in [7, 11) is -3.08. The van der Waals surface area contributed by atoms with Crippen LogP contribution in [0.1, 0.15) is 6.23 Å². The highest BCUT2D eigenvalue weighted by atomic mass is 31.2. The lowest BCUT2D eigenvalue weighted by atomic mass is 10.2. The number of aromatic nitrogens is 2. The van der Waals surface area contributed by atoms with Crippen molar-refractivity contribution in [3.8, 4) is 0 Å². The van der Waals surface area contributed by atoms with Crippen LogP contribution in [0.3, 0.4) is 0 Å². The van der Waals surface area contributed by atoms with Gasteiger partial charge in [-0.3, -0.25) is 4.57 Å². The number of aliphatic hydroxyl groups is 1. The van der Waals surface area contributed by atoms with Crippen LogP contribution in [0, 0.1) is 0 Å². The number of halogens is 1. The molecule has 1 saturated heterocycles. The molecule has 1 aliphatic rings. The molecule has 10 nitrogen and oxygen atoms in total. The summed E-state index contributed by atoms with van der Waals surface area (Å²) in [5.41, 5.74) is 2.90. The van der Waals surface area contributed by atoms with Crippen molar-refractivity contribution in [2.24, 2.45) is 0 Å². The van der Waals surface area contributed by atoms with Crippen molar-refractivity contribution < 1.29 is 33.6 Å². The number of nitrogens with two attached hydrogens (primary N) is 1. The second-order valence-corrected chi connectivity index (χ2v) is 4.99. The van der Waals surface area contributed by atoms with Crippen LogP contribution in [0.15, 0.2) is 17.1 Å². The van der Waals surface area contributed by atoms with Gasteiger partial charge in [0.15, 0.2) is 12.4 Å². The number of anilines is 1. The van der Waals surface area contributed by atoms with E-state index in [0.717, 1.165) is 10.8 Å². The zero-order valence-electron chi connectivity index (χ0n) is 10.2. The molecule has 0 spiro atoms. The molecule has 0 radical (unpaired) electrons. The van der Waals surface area contributed by atoms with E-state index in [1.807, 2.05) is 0 Å². The zero-order chi connectivity index (χ0) is 15.7. The van der Waals surface area contributed by atoms with Crippen LogP contribution in [0.4, 0.5) is 15.0 Å². The Bertz CT molecular complexity index is 597. The quantitative estimate of drug-likeness (QED) is 0.502. The van der Waals surface area contributed by atoms with E-state index in [2.05, 4.69) is 9.72 Å². The van der Waals surface area contributed by atoms with Gasteiger partial charge in [0.05, 0.1) is 0 Å². The highest BCUT2D eigenvalue weighted by Gasteiger charge is 2.48. The zero-order valence-corrected chi connectivity index (χ0v) is 11.1. The van der Waals surface area contributed by atoms with Crippen LogP contribution in [0.2, 0.25) is 0 Å². The number of hydrogen-bond acceptors (Lipinski definition) is 9. The maximum Gasteiger partial charge on any atom is 0.386 e.